The lowest BCUT2D eigenvalue weighted by Gasteiger charge is -2.36. The van der Waals surface area contributed by atoms with Gasteiger partial charge in [0, 0.05) is 36.3 Å². The number of fused-ring (bicyclic) bond motifs is 2. The lowest BCUT2D eigenvalue weighted by molar-refractivity contribution is 0.353. The van der Waals surface area contributed by atoms with E-state index in [1.807, 2.05) is 31.2 Å². The van der Waals surface area contributed by atoms with Crippen molar-refractivity contribution in [2.24, 2.45) is 0 Å². The number of nitrogens with one attached hydrogen (secondary N) is 1. The highest BCUT2D eigenvalue weighted by molar-refractivity contribution is 5.71. The molecular weight excluding hydrogens is 366 g/mol. The number of piperidine rings is 1. The van der Waals surface area contributed by atoms with E-state index in [4.69, 9.17) is 4.42 Å². The third-order valence-electron chi connectivity index (χ3n) is 6.15. The number of nitrogens with zero attached hydrogens (tertiary/aromatic N) is 4. The van der Waals surface area contributed by atoms with Gasteiger partial charge in [-0.2, -0.15) is 0 Å². The topological polar surface area (TPSA) is 87.3 Å². The minimum absolute atomic E-state index is 0.128. The maximum Gasteiger partial charge on any atom is 0.226 e. The fourth-order valence-corrected chi connectivity index (χ4v) is 4.56. The number of phenolic OH excluding ortho intramolecular Hbond substituents is 1. The second-order valence-corrected chi connectivity index (χ2v) is 8.16. The van der Waals surface area contributed by atoms with Crippen molar-refractivity contribution in [2.75, 3.05) is 11.9 Å². The summed E-state index contributed by atoms with van der Waals surface area (Å²) in [4.78, 5) is 6.45. The standard InChI is InChI=1S/C22H25N5O2/c1-13-12-23-22(29-13)14-3-6-18(20(28)9-14)19-7-8-21(26-25-19)27(2)17-10-15-4-5-16(11-17)24-15/h3,6-9,12,15-17,24,28H,4-5,10-11H2,1-2H3/t15-,16+,17+. The average Bonchev–Trinajstić information content (AvgIpc) is 3.32. The van der Waals surface area contributed by atoms with E-state index in [2.05, 4.69) is 32.4 Å². The third-order valence-corrected chi connectivity index (χ3v) is 6.15. The molecule has 2 aromatic heterocycles. The first-order valence-corrected chi connectivity index (χ1v) is 10.2. The molecule has 2 saturated heterocycles. The molecule has 0 aliphatic carbocycles. The Morgan fingerprint density at radius 1 is 1.10 bits per heavy atom. The number of hydrogen-bond acceptors (Lipinski definition) is 7. The van der Waals surface area contributed by atoms with Crippen LogP contribution in [0.15, 0.2) is 40.9 Å². The van der Waals surface area contributed by atoms with Gasteiger partial charge >= 0.3 is 0 Å². The van der Waals surface area contributed by atoms with Crippen molar-refractivity contribution in [3.8, 4) is 28.5 Å². The van der Waals surface area contributed by atoms with E-state index in [1.165, 1.54) is 12.8 Å². The van der Waals surface area contributed by atoms with Gasteiger partial charge in [0.05, 0.1) is 11.9 Å². The third kappa shape index (κ3) is 3.46. The van der Waals surface area contributed by atoms with Gasteiger partial charge in [-0.15, -0.1) is 10.2 Å². The van der Waals surface area contributed by atoms with Crippen molar-refractivity contribution in [1.29, 1.82) is 0 Å². The second-order valence-electron chi connectivity index (χ2n) is 8.16. The Balaban J connectivity index is 1.34. The Bertz CT molecular complexity index is 1000. The average molecular weight is 391 g/mol. The lowest BCUT2D eigenvalue weighted by Crippen LogP contribution is -2.47. The van der Waals surface area contributed by atoms with Crippen LogP contribution >= 0.6 is 0 Å². The van der Waals surface area contributed by atoms with E-state index in [-0.39, 0.29) is 5.75 Å². The highest BCUT2D eigenvalue weighted by atomic mass is 16.4. The van der Waals surface area contributed by atoms with Crippen LogP contribution in [0.1, 0.15) is 31.4 Å². The molecule has 0 radical (unpaired) electrons. The van der Waals surface area contributed by atoms with Crippen molar-refractivity contribution in [2.45, 2.75) is 50.7 Å². The maximum atomic E-state index is 10.5. The molecule has 2 N–H and O–H groups in total. The van der Waals surface area contributed by atoms with Gasteiger partial charge in [-0.3, -0.25) is 0 Å². The Hall–Kier alpha value is -2.93. The van der Waals surface area contributed by atoms with Crippen LogP contribution in [-0.4, -0.2) is 45.5 Å². The molecule has 150 valence electrons. The van der Waals surface area contributed by atoms with E-state index >= 15 is 0 Å². The van der Waals surface area contributed by atoms with E-state index in [9.17, 15) is 5.11 Å². The first kappa shape index (κ1) is 18.1. The zero-order valence-corrected chi connectivity index (χ0v) is 16.7. The minimum atomic E-state index is 0.128. The molecule has 4 heterocycles. The fourth-order valence-electron chi connectivity index (χ4n) is 4.56. The number of oxazole rings is 1. The number of anilines is 1. The predicted octanol–water partition coefficient (Wildman–Crippen LogP) is 3.53. The van der Waals surface area contributed by atoms with Crippen molar-refractivity contribution >= 4 is 5.82 Å². The monoisotopic (exact) mass is 391 g/mol. The van der Waals surface area contributed by atoms with Crippen LogP contribution in [-0.2, 0) is 0 Å². The molecule has 7 heteroatoms. The van der Waals surface area contributed by atoms with Crippen molar-refractivity contribution in [3.05, 3.63) is 42.3 Å². The smallest absolute Gasteiger partial charge is 0.226 e. The van der Waals surface area contributed by atoms with Crippen molar-refractivity contribution in [1.82, 2.24) is 20.5 Å². The predicted molar refractivity (Wildman–Crippen MR) is 111 cm³/mol. The number of aromatic hydroxyl groups is 1. The molecule has 0 amide bonds. The van der Waals surface area contributed by atoms with Gasteiger partial charge in [-0.05, 0) is 62.9 Å². The summed E-state index contributed by atoms with van der Waals surface area (Å²) in [5, 5.41) is 23.0. The number of phenols is 1. The number of hydrogen-bond donors (Lipinski definition) is 2. The summed E-state index contributed by atoms with van der Waals surface area (Å²) in [6.45, 7) is 1.84. The maximum absolute atomic E-state index is 10.5. The summed E-state index contributed by atoms with van der Waals surface area (Å²) >= 11 is 0. The van der Waals surface area contributed by atoms with Crippen molar-refractivity contribution in [3.63, 3.8) is 0 Å². The fraction of sp³-hybridized carbons (Fsp3) is 0.409. The van der Waals surface area contributed by atoms with Crippen LogP contribution in [0.25, 0.3) is 22.7 Å². The molecule has 2 bridgehead atoms. The zero-order valence-electron chi connectivity index (χ0n) is 16.7. The molecule has 29 heavy (non-hydrogen) atoms. The quantitative estimate of drug-likeness (QED) is 0.703. The van der Waals surface area contributed by atoms with Gasteiger partial charge in [0.15, 0.2) is 5.82 Å². The highest BCUT2D eigenvalue weighted by Gasteiger charge is 2.35. The van der Waals surface area contributed by atoms with Gasteiger partial charge in [-0.1, -0.05) is 0 Å². The highest BCUT2D eigenvalue weighted by Crippen LogP contribution is 2.34. The summed E-state index contributed by atoms with van der Waals surface area (Å²) in [6, 6.07) is 11.0. The first-order chi connectivity index (χ1) is 14.1. The summed E-state index contributed by atoms with van der Waals surface area (Å²) in [6.07, 6.45) is 6.52. The number of aryl methyl sites for hydroxylation is 1. The molecule has 2 aliphatic heterocycles. The minimum Gasteiger partial charge on any atom is -0.507 e. The zero-order chi connectivity index (χ0) is 20.0. The molecular formula is C22H25N5O2. The van der Waals surface area contributed by atoms with Gasteiger partial charge in [0.25, 0.3) is 0 Å². The summed E-state index contributed by atoms with van der Waals surface area (Å²) in [5.41, 5.74) is 2.00. The summed E-state index contributed by atoms with van der Waals surface area (Å²) in [5.74, 6) is 2.22. The number of benzene rings is 1. The van der Waals surface area contributed by atoms with Crippen LogP contribution in [0.4, 0.5) is 5.82 Å². The van der Waals surface area contributed by atoms with E-state index in [0.29, 0.717) is 35.3 Å². The largest absolute Gasteiger partial charge is 0.507 e. The molecule has 3 aromatic rings. The van der Waals surface area contributed by atoms with Gasteiger partial charge < -0.3 is 19.7 Å². The molecule has 5 rings (SSSR count). The van der Waals surface area contributed by atoms with Crippen LogP contribution in [0.5, 0.6) is 5.75 Å². The molecule has 0 unspecified atom stereocenters. The molecule has 0 spiro atoms. The molecule has 2 fully saturated rings. The number of aromatic nitrogens is 3. The van der Waals surface area contributed by atoms with E-state index in [0.717, 1.165) is 30.0 Å². The SMILES string of the molecule is Cc1cnc(-c2ccc(-c3ccc(N(C)[C@H]4C[C@H]5CC[C@@H](C4)N5)nn3)c(O)c2)o1. The van der Waals surface area contributed by atoms with Crippen LogP contribution in [0.3, 0.4) is 0 Å². The molecule has 1 aromatic carbocycles. The van der Waals surface area contributed by atoms with Crippen LogP contribution in [0.2, 0.25) is 0 Å². The normalized spacial score (nSPS) is 23.3. The summed E-state index contributed by atoms with van der Waals surface area (Å²) < 4.78 is 5.53. The Labute approximate surface area is 169 Å². The van der Waals surface area contributed by atoms with Gasteiger partial charge in [0.2, 0.25) is 5.89 Å². The van der Waals surface area contributed by atoms with Gasteiger partial charge in [0.1, 0.15) is 11.5 Å². The van der Waals surface area contributed by atoms with E-state index in [1.54, 1.807) is 12.3 Å². The molecule has 2 aliphatic rings. The Morgan fingerprint density at radius 3 is 2.52 bits per heavy atom. The molecule has 3 atom stereocenters. The first-order valence-electron chi connectivity index (χ1n) is 10.2. The lowest BCUT2D eigenvalue weighted by atomic mass is 9.98. The second kappa shape index (κ2) is 7.15. The van der Waals surface area contributed by atoms with Crippen molar-refractivity contribution < 1.29 is 9.52 Å². The van der Waals surface area contributed by atoms with Crippen LogP contribution < -0.4 is 10.2 Å². The Morgan fingerprint density at radius 2 is 1.90 bits per heavy atom. The number of rotatable bonds is 4. The van der Waals surface area contributed by atoms with Crippen LogP contribution in [0, 0.1) is 6.92 Å². The Kier molecular flexibility index (Phi) is 4.47. The van der Waals surface area contributed by atoms with Gasteiger partial charge in [-0.25, -0.2) is 4.98 Å². The van der Waals surface area contributed by atoms with E-state index < -0.39 is 0 Å². The molecule has 7 nitrogen and oxygen atoms in total. The summed E-state index contributed by atoms with van der Waals surface area (Å²) in [7, 11) is 2.10. The molecule has 0 saturated carbocycles.